The van der Waals surface area contributed by atoms with Crippen molar-refractivity contribution in [2.75, 3.05) is 24.1 Å². The highest BCUT2D eigenvalue weighted by atomic mass is 32.1. The van der Waals surface area contributed by atoms with Gasteiger partial charge in [0, 0.05) is 6.20 Å². The lowest BCUT2D eigenvalue weighted by Crippen LogP contribution is -2.15. The molecule has 0 spiro atoms. The van der Waals surface area contributed by atoms with Crippen LogP contribution in [0.5, 0.6) is 0 Å². The zero-order valence-corrected chi connectivity index (χ0v) is 13.1. The van der Waals surface area contributed by atoms with E-state index in [1.807, 2.05) is 13.0 Å². The summed E-state index contributed by atoms with van der Waals surface area (Å²) in [7, 11) is 0. The molecule has 22 heavy (non-hydrogen) atoms. The Kier molecular flexibility index (Phi) is 5.61. The first-order chi connectivity index (χ1) is 10.6. The molecule has 3 heterocycles. The molecule has 3 rings (SSSR count). The van der Waals surface area contributed by atoms with Crippen LogP contribution in [0.4, 0.5) is 16.8 Å². The maximum Gasteiger partial charge on any atom is 0.254 e. The van der Waals surface area contributed by atoms with Gasteiger partial charge in [0.05, 0.1) is 11.3 Å². The topological polar surface area (TPSA) is 132 Å². The first-order valence-electron chi connectivity index (χ1n) is 6.89. The van der Waals surface area contributed by atoms with Gasteiger partial charge < -0.3 is 22.1 Å². The van der Waals surface area contributed by atoms with Crippen LogP contribution in [-0.4, -0.2) is 33.3 Å². The average Bonchev–Trinajstić information content (AvgIpc) is 3.13. The molecule has 2 aromatic heterocycles. The Hall–Kier alpha value is -2.26. The summed E-state index contributed by atoms with van der Waals surface area (Å²) in [5.41, 5.74) is 11.7. The summed E-state index contributed by atoms with van der Waals surface area (Å²) in [5.74, 6) is -0.296. The third-order valence-electron chi connectivity index (χ3n) is 2.90. The molecule has 1 saturated heterocycles. The molecule has 9 heteroatoms. The van der Waals surface area contributed by atoms with Crippen molar-refractivity contribution in [1.29, 1.82) is 0 Å². The Balaban J connectivity index is 0.000000299. The molecule has 0 aliphatic carbocycles. The number of carbonyl (C=O) groups excluding carboxylic acids is 1. The highest BCUT2D eigenvalue weighted by Gasteiger charge is 2.09. The van der Waals surface area contributed by atoms with E-state index in [1.165, 1.54) is 43.7 Å². The smallest absolute Gasteiger partial charge is 0.254 e. The number of hydrogen-bond acceptors (Lipinski definition) is 8. The largest absolute Gasteiger partial charge is 0.383 e. The lowest BCUT2D eigenvalue weighted by Gasteiger charge is -2.04. The van der Waals surface area contributed by atoms with E-state index >= 15 is 0 Å². The van der Waals surface area contributed by atoms with Gasteiger partial charge in [-0.05, 0) is 50.5 Å². The number of hydrogen-bond donors (Lipinski definition) is 4. The molecule has 0 aromatic carbocycles. The Morgan fingerprint density at radius 1 is 1.41 bits per heavy atom. The Morgan fingerprint density at radius 3 is 2.59 bits per heavy atom. The van der Waals surface area contributed by atoms with E-state index in [-0.39, 0.29) is 11.4 Å². The van der Waals surface area contributed by atoms with Crippen LogP contribution < -0.4 is 22.1 Å². The first kappa shape index (κ1) is 16.1. The molecule has 0 atom stereocenters. The van der Waals surface area contributed by atoms with Gasteiger partial charge in [-0.25, -0.2) is 4.98 Å². The monoisotopic (exact) mass is 321 g/mol. The first-order valence-corrected chi connectivity index (χ1v) is 7.67. The second-order valence-electron chi connectivity index (χ2n) is 4.77. The van der Waals surface area contributed by atoms with Crippen molar-refractivity contribution in [2.45, 2.75) is 19.8 Å². The minimum absolute atomic E-state index is 0.0521. The van der Waals surface area contributed by atoms with Gasteiger partial charge in [0.1, 0.15) is 10.8 Å². The number of rotatable bonds is 3. The van der Waals surface area contributed by atoms with Crippen LogP contribution in [-0.2, 0) is 0 Å². The van der Waals surface area contributed by atoms with Gasteiger partial charge >= 0.3 is 0 Å². The summed E-state index contributed by atoms with van der Waals surface area (Å²) >= 11 is 1.29. The van der Waals surface area contributed by atoms with E-state index in [9.17, 15) is 4.79 Å². The van der Waals surface area contributed by atoms with E-state index in [4.69, 9.17) is 11.5 Å². The average molecular weight is 321 g/mol. The van der Waals surface area contributed by atoms with E-state index in [1.54, 1.807) is 0 Å². The number of nitrogens with one attached hydrogen (secondary N) is 2. The predicted octanol–water partition coefficient (Wildman–Crippen LogP) is 1.04. The van der Waals surface area contributed by atoms with Gasteiger partial charge in [0.2, 0.25) is 5.95 Å². The number of nitrogen functional groups attached to an aromatic ring is 1. The third-order valence-corrected chi connectivity index (χ3v) is 3.70. The summed E-state index contributed by atoms with van der Waals surface area (Å²) in [4.78, 5) is 18.8. The Bertz CT molecular complexity index is 631. The van der Waals surface area contributed by atoms with Crippen LogP contribution in [0.15, 0.2) is 12.3 Å². The SMILES string of the molecule is C1CCNC1.Cc1cc(Nc2ncc(C(N)=O)c(N)n2)sn1. The summed E-state index contributed by atoms with van der Waals surface area (Å²) in [6.45, 7) is 4.38. The van der Waals surface area contributed by atoms with Crippen LogP contribution in [0, 0.1) is 6.92 Å². The lowest BCUT2D eigenvalue weighted by atomic mass is 10.3. The van der Waals surface area contributed by atoms with Gasteiger partial charge in [0.25, 0.3) is 5.91 Å². The number of aryl methyl sites for hydroxylation is 1. The summed E-state index contributed by atoms with van der Waals surface area (Å²) < 4.78 is 4.10. The molecule has 0 unspecified atom stereocenters. The van der Waals surface area contributed by atoms with Crippen LogP contribution in [0.1, 0.15) is 28.9 Å². The molecule has 0 radical (unpaired) electrons. The van der Waals surface area contributed by atoms with Crippen LogP contribution in [0.3, 0.4) is 0 Å². The van der Waals surface area contributed by atoms with Gasteiger partial charge in [-0.2, -0.15) is 9.36 Å². The fraction of sp³-hybridized carbons (Fsp3) is 0.385. The maximum atomic E-state index is 10.9. The van der Waals surface area contributed by atoms with Crippen molar-refractivity contribution in [3.05, 3.63) is 23.5 Å². The molecule has 1 aliphatic rings. The van der Waals surface area contributed by atoms with Gasteiger partial charge in [-0.3, -0.25) is 4.79 Å². The molecule has 0 saturated carbocycles. The lowest BCUT2D eigenvalue weighted by molar-refractivity contribution is 0.100. The second kappa shape index (κ2) is 7.66. The van der Waals surface area contributed by atoms with Crippen LogP contribution >= 0.6 is 11.5 Å². The standard InChI is InChI=1S/C9H10N6OS.C4H9N/c1-4-2-6(17-15-4)13-9-12-3-5(8(11)16)7(10)14-9;1-2-4-5-3-1/h2-3H,1H3,(H2,11,16)(H3,10,12,13,14);5H,1-4H2. The number of nitrogens with zero attached hydrogens (tertiary/aromatic N) is 3. The number of amides is 1. The zero-order chi connectivity index (χ0) is 15.9. The number of primary amides is 1. The molecule has 1 aliphatic heterocycles. The van der Waals surface area contributed by atoms with E-state index in [0.29, 0.717) is 5.95 Å². The highest BCUT2D eigenvalue weighted by Crippen LogP contribution is 2.20. The quantitative estimate of drug-likeness (QED) is 0.664. The highest BCUT2D eigenvalue weighted by molar-refractivity contribution is 7.10. The molecular weight excluding hydrogens is 302 g/mol. The Morgan fingerprint density at radius 2 is 2.14 bits per heavy atom. The maximum absolute atomic E-state index is 10.9. The molecular formula is C13H19N7OS. The molecule has 8 nitrogen and oxygen atoms in total. The van der Waals surface area contributed by atoms with Crippen LogP contribution in [0.2, 0.25) is 0 Å². The van der Waals surface area contributed by atoms with Gasteiger partial charge in [-0.1, -0.05) is 0 Å². The second-order valence-corrected chi connectivity index (χ2v) is 5.58. The molecule has 118 valence electrons. The van der Waals surface area contributed by atoms with E-state index in [0.717, 1.165) is 10.7 Å². The number of aromatic nitrogens is 3. The molecule has 1 fully saturated rings. The van der Waals surface area contributed by atoms with Crippen molar-refractivity contribution in [3.8, 4) is 0 Å². The predicted molar refractivity (Wildman–Crippen MR) is 87.2 cm³/mol. The Labute approximate surface area is 132 Å². The van der Waals surface area contributed by atoms with Crippen molar-refractivity contribution in [1.82, 2.24) is 19.7 Å². The number of carbonyl (C=O) groups is 1. The molecule has 1 amide bonds. The summed E-state index contributed by atoms with van der Waals surface area (Å²) in [6.07, 6.45) is 4.07. The third kappa shape index (κ3) is 4.64. The van der Waals surface area contributed by atoms with E-state index in [2.05, 4.69) is 25.0 Å². The van der Waals surface area contributed by atoms with Crippen molar-refractivity contribution in [2.24, 2.45) is 5.73 Å². The molecule has 2 aromatic rings. The fourth-order valence-electron chi connectivity index (χ4n) is 1.80. The number of nitrogens with two attached hydrogens (primary N) is 2. The van der Waals surface area contributed by atoms with Crippen molar-refractivity contribution >= 4 is 34.2 Å². The molecule has 6 N–H and O–H groups in total. The van der Waals surface area contributed by atoms with E-state index < -0.39 is 5.91 Å². The van der Waals surface area contributed by atoms with Gasteiger partial charge in [0.15, 0.2) is 0 Å². The zero-order valence-electron chi connectivity index (χ0n) is 12.3. The van der Waals surface area contributed by atoms with Crippen LogP contribution in [0.25, 0.3) is 0 Å². The minimum atomic E-state index is -0.650. The van der Waals surface area contributed by atoms with Crippen molar-refractivity contribution < 1.29 is 4.79 Å². The summed E-state index contributed by atoms with van der Waals surface area (Å²) in [6, 6.07) is 1.85. The van der Waals surface area contributed by atoms with Crippen molar-refractivity contribution in [3.63, 3.8) is 0 Å². The number of anilines is 3. The fourth-order valence-corrected chi connectivity index (χ4v) is 2.46. The summed E-state index contributed by atoms with van der Waals surface area (Å²) in [5, 5.41) is 6.96. The normalized spacial score (nSPS) is 13.3. The van der Waals surface area contributed by atoms with Gasteiger partial charge in [-0.15, -0.1) is 0 Å². The molecule has 0 bridgehead atoms. The minimum Gasteiger partial charge on any atom is -0.383 e.